The van der Waals surface area contributed by atoms with Crippen LogP contribution in [0.4, 0.5) is 5.95 Å². The number of pyridine rings is 1. The second-order valence-electron chi connectivity index (χ2n) is 4.20. The Labute approximate surface area is 104 Å². The van der Waals surface area contributed by atoms with E-state index in [1.54, 1.807) is 12.4 Å². The first-order valence-electron chi connectivity index (χ1n) is 5.62. The first-order chi connectivity index (χ1) is 8.25. The van der Waals surface area contributed by atoms with Crippen molar-refractivity contribution in [3.05, 3.63) is 17.4 Å². The van der Waals surface area contributed by atoms with Crippen LogP contribution in [0.2, 0.25) is 5.02 Å². The minimum absolute atomic E-state index is 0.207. The van der Waals surface area contributed by atoms with E-state index in [4.69, 9.17) is 22.1 Å². The summed E-state index contributed by atoms with van der Waals surface area (Å²) in [5.74, 6) is 0.463. The lowest BCUT2D eigenvalue weighted by Gasteiger charge is -2.12. The normalized spacial score (nSPS) is 20.2. The summed E-state index contributed by atoms with van der Waals surface area (Å²) in [6.07, 6.45) is 5.65. The van der Waals surface area contributed by atoms with Crippen LogP contribution in [0, 0.1) is 0 Å². The zero-order chi connectivity index (χ0) is 11.8. The monoisotopic (exact) mass is 252 g/mol. The van der Waals surface area contributed by atoms with E-state index in [0.29, 0.717) is 17.5 Å². The smallest absolute Gasteiger partial charge is 0.201 e. The molecule has 0 aliphatic carbocycles. The van der Waals surface area contributed by atoms with E-state index in [0.717, 1.165) is 30.5 Å². The van der Waals surface area contributed by atoms with Crippen molar-refractivity contribution in [3.63, 3.8) is 0 Å². The molecule has 2 aromatic rings. The van der Waals surface area contributed by atoms with Crippen LogP contribution in [0.5, 0.6) is 0 Å². The van der Waals surface area contributed by atoms with Crippen molar-refractivity contribution in [3.8, 4) is 0 Å². The number of hydrogen-bond acceptors (Lipinski definition) is 4. The molecule has 0 amide bonds. The lowest BCUT2D eigenvalue weighted by atomic mass is 10.2. The highest BCUT2D eigenvalue weighted by Gasteiger charge is 2.20. The van der Waals surface area contributed by atoms with E-state index in [1.165, 1.54) is 0 Å². The zero-order valence-corrected chi connectivity index (χ0v) is 10.0. The van der Waals surface area contributed by atoms with Crippen molar-refractivity contribution in [2.75, 3.05) is 12.3 Å². The van der Waals surface area contributed by atoms with Crippen LogP contribution in [-0.4, -0.2) is 27.2 Å². The number of halogens is 1. The molecule has 0 spiro atoms. The molecule has 0 radical (unpaired) electrons. The molecule has 1 aliphatic heterocycles. The first kappa shape index (κ1) is 10.8. The number of anilines is 1. The van der Waals surface area contributed by atoms with E-state index < -0.39 is 0 Å². The van der Waals surface area contributed by atoms with Crippen LogP contribution in [0.1, 0.15) is 12.8 Å². The summed E-state index contributed by atoms with van der Waals surface area (Å²) in [5.41, 5.74) is 7.48. The second kappa shape index (κ2) is 4.16. The molecular weight excluding hydrogens is 240 g/mol. The van der Waals surface area contributed by atoms with Crippen LogP contribution in [0.15, 0.2) is 12.4 Å². The molecule has 90 valence electrons. The lowest BCUT2D eigenvalue weighted by Crippen LogP contribution is -2.16. The van der Waals surface area contributed by atoms with E-state index in [9.17, 15) is 0 Å². The third kappa shape index (κ3) is 1.85. The van der Waals surface area contributed by atoms with Gasteiger partial charge in [0.05, 0.1) is 29.4 Å². The highest BCUT2D eigenvalue weighted by Crippen LogP contribution is 2.26. The molecule has 1 unspecified atom stereocenters. The number of hydrogen-bond donors (Lipinski definition) is 1. The van der Waals surface area contributed by atoms with Gasteiger partial charge in [-0.05, 0) is 12.8 Å². The highest BCUT2D eigenvalue weighted by atomic mass is 35.5. The van der Waals surface area contributed by atoms with E-state index in [1.807, 2.05) is 4.57 Å². The number of nitrogens with two attached hydrogens (primary N) is 1. The molecule has 1 aliphatic rings. The number of ether oxygens (including phenoxy) is 1. The average molecular weight is 253 g/mol. The maximum Gasteiger partial charge on any atom is 0.201 e. The van der Waals surface area contributed by atoms with Crippen molar-refractivity contribution >= 4 is 28.6 Å². The van der Waals surface area contributed by atoms with E-state index in [-0.39, 0.29) is 6.10 Å². The average Bonchev–Trinajstić information content (AvgIpc) is 2.89. The molecule has 6 heteroatoms. The fraction of sp³-hybridized carbons (Fsp3) is 0.455. The molecule has 5 nitrogen and oxygen atoms in total. The first-order valence-corrected chi connectivity index (χ1v) is 6.00. The van der Waals surface area contributed by atoms with Gasteiger partial charge in [0.25, 0.3) is 0 Å². The topological polar surface area (TPSA) is 66.0 Å². The molecule has 0 saturated carbocycles. The van der Waals surface area contributed by atoms with Crippen molar-refractivity contribution in [1.29, 1.82) is 0 Å². The van der Waals surface area contributed by atoms with Gasteiger partial charge in [-0.3, -0.25) is 4.98 Å². The lowest BCUT2D eigenvalue weighted by molar-refractivity contribution is 0.0984. The number of aromatic nitrogens is 3. The Kier molecular flexibility index (Phi) is 2.64. The minimum atomic E-state index is 0.207. The summed E-state index contributed by atoms with van der Waals surface area (Å²) in [6.45, 7) is 1.53. The summed E-state index contributed by atoms with van der Waals surface area (Å²) in [4.78, 5) is 8.26. The summed E-state index contributed by atoms with van der Waals surface area (Å²) in [7, 11) is 0. The highest BCUT2D eigenvalue weighted by molar-refractivity contribution is 6.34. The molecule has 17 heavy (non-hydrogen) atoms. The number of rotatable bonds is 2. The Morgan fingerprint density at radius 3 is 3.18 bits per heavy atom. The zero-order valence-electron chi connectivity index (χ0n) is 9.27. The largest absolute Gasteiger partial charge is 0.376 e. The van der Waals surface area contributed by atoms with Crippen LogP contribution >= 0.6 is 11.6 Å². The SMILES string of the molecule is Nc1nc2cncc(Cl)c2n1CC1CCCO1. The molecular formula is C11H13ClN4O. The maximum atomic E-state index is 6.14. The van der Waals surface area contributed by atoms with Gasteiger partial charge < -0.3 is 15.0 Å². The molecule has 2 aromatic heterocycles. The Morgan fingerprint density at radius 2 is 2.41 bits per heavy atom. The van der Waals surface area contributed by atoms with Gasteiger partial charge in [0.2, 0.25) is 5.95 Å². The van der Waals surface area contributed by atoms with Crippen LogP contribution in [-0.2, 0) is 11.3 Å². The van der Waals surface area contributed by atoms with Crippen molar-refractivity contribution in [2.24, 2.45) is 0 Å². The van der Waals surface area contributed by atoms with Gasteiger partial charge in [0.1, 0.15) is 5.52 Å². The molecule has 1 atom stereocenters. The quantitative estimate of drug-likeness (QED) is 0.886. The Bertz CT molecular complexity index is 548. The number of nitrogens with zero attached hydrogens (tertiary/aromatic N) is 3. The molecule has 0 bridgehead atoms. The molecule has 1 fully saturated rings. The maximum absolute atomic E-state index is 6.14. The summed E-state index contributed by atoms with van der Waals surface area (Å²) >= 11 is 6.14. The molecule has 3 heterocycles. The summed E-state index contributed by atoms with van der Waals surface area (Å²) < 4.78 is 7.52. The van der Waals surface area contributed by atoms with E-state index >= 15 is 0 Å². The standard InChI is InChI=1S/C11H13ClN4O/c12-8-4-14-5-9-10(8)16(11(13)15-9)6-7-2-1-3-17-7/h4-5,7H,1-3,6H2,(H2,13,15). The number of imidazole rings is 1. The Hall–Kier alpha value is -1.33. The van der Waals surface area contributed by atoms with Gasteiger partial charge >= 0.3 is 0 Å². The Morgan fingerprint density at radius 1 is 1.53 bits per heavy atom. The van der Waals surface area contributed by atoms with Gasteiger partial charge in [0, 0.05) is 12.8 Å². The van der Waals surface area contributed by atoms with Gasteiger partial charge in [-0.1, -0.05) is 11.6 Å². The third-order valence-corrected chi connectivity index (χ3v) is 3.32. The summed E-state index contributed by atoms with van der Waals surface area (Å²) in [5, 5.41) is 0.574. The molecule has 1 saturated heterocycles. The third-order valence-electron chi connectivity index (χ3n) is 3.05. The van der Waals surface area contributed by atoms with Crippen LogP contribution in [0.25, 0.3) is 11.0 Å². The fourth-order valence-electron chi connectivity index (χ4n) is 2.24. The van der Waals surface area contributed by atoms with Gasteiger partial charge in [-0.25, -0.2) is 4.98 Å². The van der Waals surface area contributed by atoms with Crippen molar-refractivity contribution in [1.82, 2.24) is 14.5 Å². The summed E-state index contributed by atoms with van der Waals surface area (Å²) in [6, 6.07) is 0. The van der Waals surface area contributed by atoms with Gasteiger partial charge in [-0.2, -0.15) is 0 Å². The predicted octanol–water partition coefficient (Wildman–Crippen LogP) is 1.85. The van der Waals surface area contributed by atoms with Gasteiger partial charge in [-0.15, -0.1) is 0 Å². The second-order valence-corrected chi connectivity index (χ2v) is 4.61. The van der Waals surface area contributed by atoms with E-state index in [2.05, 4.69) is 9.97 Å². The molecule has 0 aromatic carbocycles. The number of nitrogen functional groups attached to an aromatic ring is 1. The molecule has 2 N–H and O–H groups in total. The minimum Gasteiger partial charge on any atom is -0.376 e. The molecule has 3 rings (SSSR count). The van der Waals surface area contributed by atoms with Crippen molar-refractivity contribution in [2.45, 2.75) is 25.5 Å². The van der Waals surface area contributed by atoms with Crippen molar-refractivity contribution < 1.29 is 4.74 Å². The van der Waals surface area contributed by atoms with Gasteiger partial charge in [0.15, 0.2) is 0 Å². The number of fused-ring (bicyclic) bond motifs is 1. The van der Waals surface area contributed by atoms with Crippen LogP contribution in [0.3, 0.4) is 0 Å². The predicted molar refractivity (Wildman–Crippen MR) is 65.9 cm³/mol. The van der Waals surface area contributed by atoms with Crippen LogP contribution < -0.4 is 5.73 Å². The Balaban J connectivity index is 2.04. The fourth-order valence-corrected chi connectivity index (χ4v) is 2.50.